The molecule has 0 saturated heterocycles. The summed E-state index contributed by atoms with van der Waals surface area (Å²) in [5, 5.41) is 2.65. The van der Waals surface area contributed by atoms with Crippen molar-refractivity contribution in [3.8, 4) is 0 Å². The standard InChI is InChI=1S/C18H20N2O5S2/c1-20(15-7-8-15)27(24,25)17-9-3-13(4-10-17)18(21)19-14-5-11-16(12-6-14)26(2,22)23/h3-6,9-12,15H,7-8H2,1-2H3,(H,19,21). The van der Waals surface area contributed by atoms with Gasteiger partial charge in [-0.2, -0.15) is 4.31 Å². The molecule has 9 heteroatoms. The van der Waals surface area contributed by atoms with Crippen LogP contribution in [0.3, 0.4) is 0 Å². The third-order valence-corrected chi connectivity index (χ3v) is 7.45. The monoisotopic (exact) mass is 408 g/mol. The number of nitrogens with one attached hydrogen (secondary N) is 1. The maximum Gasteiger partial charge on any atom is 0.255 e. The molecular formula is C18H20N2O5S2. The third-order valence-electron chi connectivity index (χ3n) is 4.39. The van der Waals surface area contributed by atoms with Crippen molar-refractivity contribution in [2.75, 3.05) is 18.6 Å². The van der Waals surface area contributed by atoms with Crippen LogP contribution in [-0.4, -0.2) is 46.4 Å². The lowest BCUT2D eigenvalue weighted by molar-refractivity contribution is 0.102. The van der Waals surface area contributed by atoms with Crippen LogP contribution in [0.2, 0.25) is 0 Å². The lowest BCUT2D eigenvalue weighted by Gasteiger charge is -2.16. The molecule has 7 nitrogen and oxygen atoms in total. The quantitative estimate of drug-likeness (QED) is 0.789. The topological polar surface area (TPSA) is 101 Å². The van der Waals surface area contributed by atoms with Gasteiger partial charge >= 0.3 is 0 Å². The molecule has 0 spiro atoms. The number of hydrogen-bond acceptors (Lipinski definition) is 5. The number of benzene rings is 2. The van der Waals surface area contributed by atoms with E-state index in [4.69, 9.17) is 0 Å². The summed E-state index contributed by atoms with van der Waals surface area (Å²) in [6.07, 6.45) is 2.85. The first-order valence-corrected chi connectivity index (χ1v) is 11.6. The summed E-state index contributed by atoms with van der Waals surface area (Å²) < 4.78 is 49.2. The second kappa shape index (κ2) is 7.06. The van der Waals surface area contributed by atoms with Gasteiger partial charge in [-0.05, 0) is 61.4 Å². The van der Waals surface area contributed by atoms with E-state index in [1.807, 2.05) is 0 Å². The predicted octanol–water partition coefficient (Wildman–Crippen LogP) is 2.13. The van der Waals surface area contributed by atoms with Crippen molar-refractivity contribution >= 4 is 31.5 Å². The molecule has 1 fully saturated rings. The predicted molar refractivity (Wildman–Crippen MR) is 102 cm³/mol. The van der Waals surface area contributed by atoms with Crippen molar-refractivity contribution in [1.29, 1.82) is 0 Å². The molecule has 144 valence electrons. The van der Waals surface area contributed by atoms with Gasteiger partial charge in [0.15, 0.2) is 9.84 Å². The number of hydrogen-bond donors (Lipinski definition) is 1. The molecule has 2 aromatic carbocycles. The second-order valence-electron chi connectivity index (χ2n) is 6.53. The van der Waals surface area contributed by atoms with E-state index in [2.05, 4.69) is 5.32 Å². The summed E-state index contributed by atoms with van der Waals surface area (Å²) in [5.74, 6) is -0.415. The normalized spacial score (nSPS) is 14.9. The second-order valence-corrected chi connectivity index (χ2v) is 10.5. The van der Waals surface area contributed by atoms with E-state index in [1.165, 1.54) is 52.8 Å². The molecule has 0 unspecified atom stereocenters. The third kappa shape index (κ3) is 4.37. The molecule has 1 saturated carbocycles. The number of rotatable bonds is 6. The molecule has 0 bridgehead atoms. The van der Waals surface area contributed by atoms with Crippen LogP contribution in [0, 0.1) is 0 Å². The molecule has 0 aromatic heterocycles. The van der Waals surface area contributed by atoms with E-state index >= 15 is 0 Å². The maximum absolute atomic E-state index is 12.5. The highest BCUT2D eigenvalue weighted by Crippen LogP contribution is 2.30. The van der Waals surface area contributed by atoms with Crippen LogP contribution in [-0.2, 0) is 19.9 Å². The van der Waals surface area contributed by atoms with E-state index < -0.39 is 25.8 Å². The van der Waals surface area contributed by atoms with Gasteiger partial charge in [0.2, 0.25) is 10.0 Å². The molecule has 3 rings (SSSR count). The maximum atomic E-state index is 12.5. The van der Waals surface area contributed by atoms with E-state index in [9.17, 15) is 21.6 Å². The Labute approximate surface area is 159 Å². The Morgan fingerprint density at radius 2 is 1.44 bits per heavy atom. The van der Waals surface area contributed by atoms with Crippen molar-refractivity contribution in [1.82, 2.24) is 4.31 Å². The van der Waals surface area contributed by atoms with E-state index in [1.54, 1.807) is 7.05 Å². The molecule has 1 amide bonds. The molecule has 0 radical (unpaired) electrons. The molecular weight excluding hydrogens is 388 g/mol. The molecule has 0 aliphatic heterocycles. The van der Waals surface area contributed by atoms with E-state index in [-0.39, 0.29) is 15.8 Å². The first-order chi connectivity index (χ1) is 12.6. The largest absolute Gasteiger partial charge is 0.322 e. The van der Waals surface area contributed by atoms with Gasteiger partial charge in [0.25, 0.3) is 5.91 Å². The van der Waals surface area contributed by atoms with Gasteiger partial charge in [0.05, 0.1) is 9.79 Å². The number of carbonyl (C=O) groups excluding carboxylic acids is 1. The van der Waals surface area contributed by atoms with Gasteiger partial charge in [-0.1, -0.05) is 0 Å². The number of anilines is 1. The number of amides is 1. The van der Waals surface area contributed by atoms with Crippen LogP contribution in [0.25, 0.3) is 0 Å². The minimum absolute atomic E-state index is 0.0629. The van der Waals surface area contributed by atoms with Crippen LogP contribution >= 0.6 is 0 Å². The number of sulfonamides is 1. The Hall–Kier alpha value is -2.23. The summed E-state index contributed by atoms with van der Waals surface area (Å²) in [4.78, 5) is 12.6. The molecule has 2 aromatic rings. The van der Waals surface area contributed by atoms with Crippen molar-refractivity contribution in [2.24, 2.45) is 0 Å². The van der Waals surface area contributed by atoms with Gasteiger partial charge in [0.1, 0.15) is 0 Å². The lowest BCUT2D eigenvalue weighted by atomic mass is 10.2. The van der Waals surface area contributed by atoms with Crippen LogP contribution in [0.4, 0.5) is 5.69 Å². The Balaban J connectivity index is 1.72. The average Bonchev–Trinajstić information content (AvgIpc) is 3.46. The van der Waals surface area contributed by atoms with Gasteiger partial charge in [-0.15, -0.1) is 0 Å². The molecule has 0 atom stereocenters. The van der Waals surface area contributed by atoms with Crippen molar-refractivity contribution in [3.63, 3.8) is 0 Å². The summed E-state index contributed by atoms with van der Waals surface area (Å²) in [6, 6.07) is 11.6. The summed E-state index contributed by atoms with van der Waals surface area (Å²) in [6.45, 7) is 0. The fourth-order valence-electron chi connectivity index (χ4n) is 2.57. The highest BCUT2D eigenvalue weighted by Gasteiger charge is 2.34. The highest BCUT2D eigenvalue weighted by atomic mass is 32.2. The number of sulfone groups is 1. The highest BCUT2D eigenvalue weighted by molar-refractivity contribution is 7.90. The van der Waals surface area contributed by atoms with Gasteiger partial charge in [0, 0.05) is 30.6 Å². The first-order valence-electron chi connectivity index (χ1n) is 8.28. The van der Waals surface area contributed by atoms with Gasteiger partial charge in [-0.25, -0.2) is 16.8 Å². The fraction of sp³-hybridized carbons (Fsp3) is 0.278. The first kappa shape index (κ1) is 19.5. The van der Waals surface area contributed by atoms with Crippen LogP contribution < -0.4 is 5.32 Å². The van der Waals surface area contributed by atoms with Crippen molar-refractivity contribution in [2.45, 2.75) is 28.7 Å². The Morgan fingerprint density at radius 3 is 1.93 bits per heavy atom. The summed E-state index contributed by atoms with van der Waals surface area (Å²) in [5.41, 5.74) is 0.743. The zero-order valence-corrected chi connectivity index (χ0v) is 16.5. The summed E-state index contributed by atoms with van der Waals surface area (Å²) >= 11 is 0. The van der Waals surface area contributed by atoms with Crippen LogP contribution in [0.15, 0.2) is 58.3 Å². The molecule has 27 heavy (non-hydrogen) atoms. The van der Waals surface area contributed by atoms with Gasteiger partial charge in [-0.3, -0.25) is 4.79 Å². The average molecular weight is 409 g/mol. The molecule has 0 heterocycles. The van der Waals surface area contributed by atoms with Crippen molar-refractivity contribution < 1.29 is 21.6 Å². The zero-order chi connectivity index (χ0) is 19.8. The van der Waals surface area contributed by atoms with Crippen molar-refractivity contribution in [3.05, 3.63) is 54.1 Å². The van der Waals surface area contributed by atoms with E-state index in [0.717, 1.165) is 19.1 Å². The minimum Gasteiger partial charge on any atom is -0.322 e. The number of nitrogens with zero attached hydrogens (tertiary/aromatic N) is 1. The zero-order valence-electron chi connectivity index (χ0n) is 14.9. The van der Waals surface area contributed by atoms with Crippen LogP contribution in [0.5, 0.6) is 0 Å². The molecule has 1 aliphatic carbocycles. The molecule has 1 N–H and O–H groups in total. The van der Waals surface area contributed by atoms with Gasteiger partial charge < -0.3 is 5.32 Å². The van der Waals surface area contributed by atoms with E-state index in [0.29, 0.717) is 11.3 Å². The Bertz CT molecular complexity index is 1060. The van der Waals surface area contributed by atoms with Crippen LogP contribution in [0.1, 0.15) is 23.2 Å². The Morgan fingerprint density at radius 1 is 0.926 bits per heavy atom. The summed E-state index contributed by atoms with van der Waals surface area (Å²) in [7, 11) is -5.29. The minimum atomic E-state index is -3.55. The smallest absolute Gasteiger partial charge is 0.255 e. The molecule has 1 aliphatic rings. The Kier molecular flexibility index (Phi) is 5.11. The number of carbonyl (C=O) groups is 1. The SMILES string of the molecule is CN(C1CC1)S(=O)(=O)c1ccc(C(=O)Nc2ccc(S(C)(=O)=O)cc2)cc1. The fourth-order valence-corrected chi connectivity index (χ4v) is 4.61. The lowest BCUT2D eigenvalue weighted by Crippen LogP contribution is -2.29.